The fraction of sp³-hybridized carbons (Fsp3) is 0.905. The predicted octanol–water partition coefficient (Wildman–Crippen LogP) is 2.19. The van der Waals surface area contributed by atoms with Crippen molar-refractivity contribution in [3.05, 3.63) is 0 Å². The van der Waals surface area contributed by atoms with Crippen molar-refractivity contribution >= 4 is 21.5 Å². The van der Waals surface area contributed by atoms with Crippen molar-refractivity contribution in [2.45, 2.75) is 88.6 Å². The van der Waals surface area contributed by atoms with Crippen molar-refractivity contribution in [1.29, 1.82) is 0 Å². The Labute approximate surface area is 180 Å². The second-order valence-corrected chi connectivity index (χ2v) is 11.3. The first-order valence-electron chi connectivity index (χ1n) is 11.2. The maximum Gasteiger partial charge on any atom is 0.253 e. The first-order chi connectivity index (χ1) is 14.3. The van der Waals surface area contributed by atoms with Crippen LogP contribution in [0.1, 0.15) is 64.7 Å². The Kier molecular flexibility index (Phi) is 8.29. The van der Waals surface area contributed by atoms with Crippen LogP contribution in [0.3, 0.4) is 0 Å². The van der Waals surface area contributed by atoms with Crippen LogP contribution >= 0.6 is 0 Å². The lowest BCUT2D eigenvalue weighted by Gasteiger charge is -2.44. The van der Waals surface area contributed by atoms with Crippen LogP contribution in [-0.4, -0.2) is 71.7 Å². The molecule has 1 N–H and O–H groups in total. The lowest BCUT2D eigenvalue weighted by atomic mass is 9.85. The summed E-state index contributed by atoms with van der Waals surface area (Å²) in [7, 11) is -1.01. The molecule has 172 valence electrons. The third-order valence-corrected chi connectivity index (χ3v) is 8.76. The molecule has 1 spiro atoms. The standard InChI is InChI=1S/C21H36N2O6S/c1-16(27-2)20(25)22-17-8-12-29-21(15-17)9-13-30(26,14-10-21)23-19(24)7-6-18-5-3-4-11-28-18/h16-18H,3-15H2,1-2H3,(H,22,25)/t16-,17?,18?,21?,30?/m0/s1. The van der Waals surface area contributed by atoms with E-state index in [1.165, 1.54) is 7.11 Å². The van der Waals surface area contributed by atoms with E-state index in [0.717, 1.165) is 32.3 Å². The summed E-state index contributed by atoms with van der Waals surface area (Å²) in [5.74, 6) is 0.344. The molecule has 3 rings (SSSR count). The molecule has 0 aliphatic carbocycles. The molecule has 3 atom stereocenters. The Bertz CT molecular complexity index is 713. The highest BCUT2D eigenvalue weighted by Gasteiger charge is 2.42. The van der Waals surface area contributed by atoms with Crippen molar-refractivity contribution in [3.63, 3.8) is 0 Å². The molecular weight excluding hydrogens is 408 g/mol. The lowest BCUT2D eigenvalue weighted by molar-refractivity contribution is -0.134. The fourth-order valence-electron chi connectivity index (χ4n) is 4.49. The molecule has 3 aliphatic heterocycles. The van der Waals surface area contributed by atoms with Gasteiger partial charge in [0.05, 0.1) is 21.4 Å². The summed E-state index contributed by atoms with van der Waals surface area (Å²) in [6, 6.07) is 0.0204. The van der Waals surface area contributed by atoms with E-state index in [1.54, 1.807) is 6.92 Å². The number of ether oxygens (including phenoxy) is 3. The summed E-state index contributed by atoms with van der Waals surface area (Å²) in [6.07, 6.45) is 6.46. The van der Waals surface area contributed by atoms with Gasteiger partial charge >= 0.3 is 0 Å². The number of hydrogen-bond acceptors (Lipinski definition) is 6. The van der Waals surface area contributed by atoms with E-state index in [0.29, 0.717) is 50.2 Å². The first kappa shape index (κ1) is 23.6. The normalized spacial score (nSPS) is 35.5. The number of carbonyl (C=O) groups is 2. The van der Waals surface area contributed by atoms with E-state index in [-0.39, 0.29) is 29.6 Å². The van der Waals surface area contributed by atoms with Gasteiger partial charge in [-0.3, -0.25) is 9.59 Å². The predicted molar refractivity (Wildman–Crippen MR) is 114 cm³/mol. The van der Waals surface area contributed by atoms with Gasteiger partial charge in [-0.05, 0) is 58.3 Å². The second-order valence-electron chi connectivity index (χ2n) is 8.80. The molecule has 0 bridgehead atoms. The largest absolute Gasteiger partial charge is 0.378 e. The summed E-state index contributed by atoms with van der Waals surface area (Å²) >= 11 is 0. The Morgan fingerprint density at radius 2 is 2.00 bits per heavy atom. The molecule has 3 saturated heterocycles. The maximum absolute atomic E-state index is 13.1. The molecule has 9 heteroatoms. The van der Waals surface area contributed by atoms with Crippen LogP contribution in [0.2, 0.25) is 0 Å². The van der Waals surface area contributed by atoms with Crippen LogP contribution in [0.15, 0.2) is 4.36 Å². The zero-order valence-electron chi connectivity index (χ0n) is 18.2. The molecule has 8 nitrogen and oxygen atoms in total. The van der Waals surface area contributed by atoms with Gasteiger partial charge in [-0.25, -0.2) is 4.21 Å². The summed E-state index contributed by atoms with van der Waals surface area (Å²) in [5.41, 5.74) is -0.387. The van der Waals surface area contributed by atoms with Crippen molar-refractivity contribution in [2.24, 2.45) is 4.36 Å². The minimum atomic E-state index is -2.53. The summed E-state index contributed by atoms with van der Waals surface area (Å²) < 4.78 is 34.1. The quantitative estimate of drug-likeness (QED) is 0.674. The number of methoxy groups -OCH3 is 1. The zero-order valence-corrected chi connectivity index (χ0v) is 19.0. The number of amides is 2. The highest BCUT2D eigenvalue weighted by Crippen LogP contribution is 2.36. The Hall–Kier alpha value is -1.03. The van der Waals surface area contributed by atoms with Gasteiger partial charge in [0.25, 0.3) is 5.91 Å². The van der Waals surface area contributed by atoms with E-state index in [2.05, 4.69) is 9.68 Å². The third kappa shape index (κ3) is 6.48. The van der Waals surface area contributed by atoms with Crippen molar-refractivity contribution < 1.29 is 28.0 Å². The molecule has 3 aliphatic rings. The van der Waals surface area contributed by atoms with Gasteiger partial charge in [-0.2, -0.15) is 4.36 Å². The van der Waals surface area contributed by atoms with Gasteiger partial charge in [-0.15, -0.1) is 0 Å². The van der Waals surface area contributed by atoms with E-state index in [4.69, 9.17) is 14.2 Å². The molecule has 0 aromatic rings. The monoisotopic (exact) mass is 444 g/mol. The Morgan fingerprint density at radius 3 is 2.67 bits per heavy atom. The molecule has 2 unspecified atom stereocenters. The van der Waals surface area contributed by atoms with Gasteiger partial charge in [0.15, 0.2) is 0 Å². The number of nitrogens with zero attached hydrogens (tertiary/aromatic N) is 1. The van der Waals surface area contributed by atoms with Crippen LogP contribution in [0.25, 0.3) is 0 Å². The van der Waals surface area contributed by atoms with Crippen LogP contribution < -0.4 is 5.32 Å². The molecule has 0 radical (unpaired) electrons. The third-order valence-electron chi connectivity index (χ3n) is 6.54. The van der Waals surface area contributed by atoms with Gasteiger partial charge in [0.1, 0.15) is 6.10 Å². The SMILES string of the molecule is CO[C@@H](C)C(=O)NC1CCOC2(CCS(=O)(=NC(=O)CCC3CCCCO3)CC2)C1. The van der Waals surface area contributed by atoms with Crippen LogP contribution in [0.4, 0.5) is 0 Å². The second kappa shape index (κ2) is 10.5. The average Bonchev–Trinajstić information content (AvgIpc) is 2.75. The highest BCUT2D eigenvalue weighted by atomic mass is 32.2. The maximum atomic E-state index is 13.1. The van der Waals surface area contributed by atoms with Gasteiger partial charge in [0, 0.05) is 44.3 Å². The molecule has 3 heterocycles. The number of hydrogen-bond donors (Lipinski definition) is 1. The van der Waals surface area contributed by atoms with Crippen molar-refractivity contribution in [1.82, 2.24) is 5.32 Å². The molecular formula is C21H36N2O6S. The van der Waals surface area contributed by atoms with E-state index in [1.807, 2.05) is 0 Å². The molecule has 2 amide bonds. The fourth-order valence-corrected chi connectivity index (χ4v) is 6.72. The minimum Gasteiger partial charge on any atom is -0.378 e. The van der Waals surface area contributed by atoms with Crippen molar-refractivity contribution in [3.8, 4) is 0 Å². The van der Waals surface area contributed by atoms with E-state index < -0.39 is 15.8 Å². The lowest BCUT2D eigenvalue weighted by Crippen LogP contribution is -2.53. The molecule has 30 heavy (non-hydrogen) atoms. The smallest absolute Gasteiger partial charge is 0.253 e. The minimum absolute atomic E-state index is 0.0204. The van der Waals surface area contributed by atoms with Gasteiger partial charge < -0.3 is 19.5 Å². The summed E-state index contributed by atoms with van der Waals surface area (Å²) in [4.78, 5) is 24.4. The first-order valence-corrected chi connectivity index (χ1v) is 13.0. The number of nitrogens with one attached hydrogen (secondary N) is 1. The van der Waals surface area contributed by atoms with E-state index >= 15 is 0 Å². The van der Waals surface area contributed by atoms with Crippen LogP contribution in [0, 0.1) is 0 Å². The number of carbonyl (C=O) groups excluding carboxylic acids is 2. The molecule has 3 fully saturated rings. The van der Waals surface area contributed by atoms with Gasteiger partial charge in [0.2, 0.25) is 5.91 Å². The molecule has 0 saturated carbocycles. The zero-order chi connectivity index (χ0) is 21.6. The molecule has 0 aromatic carbocycles. The van der Waals surface area contributed by atoms with Crippen LogP contribution in [0.5, 0.6) is 0 Å². The summed E-state index contributed by atoms with van der Waals surface area (Å²) in [5, 5.41) is 3.04. The summed E-state index contributed by atoms with van der Waals surface area (Å²) in [6.45, 7) is 3.05. The topological polar surface area (TPSA) is 103 Å². The number of rotatable bonds is 6. The van der Waals surface area contributed by atoms with E-state index in [9.17, 15) is 13.8 Å². The average molecular weight is 445 g/mol. The van der Waals surface area contributed by atoms with Crippen LogP contribution in [-0.2, 0) is 33.5 Å². The highest BCUT2D eigenvalue weighted by molar-refractivity contribution is 7.93. The Balaban J connectivity index is 1.50. The Morgan fingerprint density at radius 1 is 1.23 bits per heavy atom. The van der Waals surface area contributed by atoms with Gasteiger partial charge in [-0.1, -0.05) is 0 Å². The molecule has 0 aromatic heterocycles. The van der Waals surface area contributed by atoms with Crippen molar-refractivity contribution in [2.75, 3.05) is 31.8 Å².